The molecule has 0 atom stereocenters. The predicted octanol–water partition coefficient (Wildman–Crippen LogP) is 4.64. The van der Waals surface area contributed by atoms with Crippen LogP contribution in [0, 0.1) is 0 Å². The van der Waals surface area contributed by atoms with Gasteiger partial charge in [0.05, 0.1) is 0 Å². The molecule has 1 heterocycles. The summed E-state index contributed by atoms with van der Waals surface area (Å²) in [5.41, 5.74) is 3.65. The van der Waals surface area contributed by atoms with Crippen LogP contribution in [-0.4, -0.2) is 24.8 Å². The largest absolute Gasteiger partial charge is 0.371 e. The summed E-state index contributed by atoms with van der Waals surface area (Å²) < 4.78 is 24.6. The molecule has 2 aromatic carbocycles. The van der Waals surface area contributed by atoms with Crippen molar-refractivity contribution in [2.45, 2.75) is 24.0 Å². The van der Waals surface area contributed by atoms with Crippen LogP contribution in [0.25, 0.3) is 0 Å². The molecule has 0 aromatic heterocycles. The maximum absolute atomic E-state index is 12.3. The maximum atomic E-state index is 12.3. The number of carbonyl (C=O) groups excluding carboxylic acids is 1. The minimum absolute atomic E-state index is 0.246. The topological polar surface area (TPSA) is 32.3 Å². The molecular formula is C18H18F2N2OS. The standard InChI is InChI=1S/C18H18F2N2OS/c1-2-22-10-9-12-3-6-14(11-16(12)22)21-17(23)13-4-7-15(8-5-13)24-18(19)20/h3-8,11,18H,2,9-10H2,1H3,(H,21,23). The number of nitrogens with one attached hydrogen (secondary N) is 1. The molecule has 0 spiro atoms. The zero-order valence-corrected chi connectivity index (χ0v) is 14.1. The van der Waals surface area contributed by atoms with E-state index in [1.807, 2.05) is 18.2 Å². The normalized spacial score (nSPS) is 13.2. The lowest BCUT2D eigenvalue weighted by Crippen LogP contribution is -2.19. The summed E-state index contributed by atoms with van der Waals surface area (Å²) in [6.07, 6.45) is 1.03. The third-order valence-corrected chi connectivity index (χ3v) is 4.78. The fourth-order valence-electron chi connectivity index (χ4n) is 2.84. The van der Waals surface area contributed by atoms with E-state index in [0.717, 1.165) is 25.2 Å². The molecule has 3 nitrogen and oxygen atoms in total. The maximum Gasteiger partial charge on any atom is 0.288 e. The zero-order chi connectivity index (χ0) is 17.1. The van der Waals surface area contributed by atoms with Gasteiger partial charge in [0.2, 0.25) is 0 Å². The van der Waals surface area contributed by atoms with Gasteiger partial charge in [-0.25, -0.2) is 0 Å². The lowest BCUT2D eigenvalue weighted by Gasteiger charge is -2.17. The lowest BCUT2D eigenvalue weighted by molar-refractivity contribution is 0.102. The zero-order valence-electron chi connectivity index (χ0n) is 13.3. The summed E-state index contributed by atoms with van der Waals surface area (Å²) in [4.78, 5) is 15.0. The number of alkyl halides is 2. The Bertz CT molecular complexity index is 734. The van der Waals surface area contributed by atoms with E-state index in [4.69, 9.17) is 0 Å². The van der Waals surface area contributed by atoms with E-state index in [9.17, 15) is 13.6 Å². The molecule has 0 saturated carbocycles. The van der Waals surface area contributed by atoms with Crippen LogP contribution in [0.5, 0.6) is 0 Å². The van der Waals surface area contributed by atoms with Crippen molar-refractivity contribution >= 4 is 29.0 Å². The first-order chi connectivity index (χ1) is 11.6. The van der Waals surface area contributed by atoms with Crippen molar-refractivity contribution in [3.05, 3.63) is 53.6 Å². The van der Waals surface area contributed by atoms with Crippen LogP contribution >= 0.6 is 11.8 Å². The summed E-state index contributed by atoms with van der Waals surface area (Å²) in [7, 11) is 0. The number of hydrogen-bond acceptors (Lipinski definition) is 3. The van der Waals surface area contributed by atoms with Crippen LogP contribution in [0.1, 0.15) is 22.8 Å². The van der Waals surface area contributed by atoms with Crippen molar-refractivity contribution in [1.29, 1.82) is 0 Å². The number of halogens is 2. The van der Waals surface area contributed by atoms with E-state index in [-0.39, 0.29) is 5.91 Å². The van der Waals surface area contributed by atoms with Gasteiger partial charge in [-0.15, -0.1) is 0 Å². The Morgan fingerprint density at radius 2 is 2.00 bits per heavy atom. The second kappa shape index (κ2) is 7.21. The highest BCUT2D eigenvalue weighted by atomic mass is 32.2. The van der Waals surface area contributed by atoms with Gasteiger partial charge in [0.1, 0.15) is 0 Å². The van der Waals surface area contributed by atoms with Crippen LogP contribution < -0.4 is 10.2 Å². The molecule has 0 radical (unpaired) electrons. The van der Waals surface area contributed by atoms with Crippen LogP contribution in [0.3, 0.4) is 0 Å². The van der Waals surface area contributed by atoms with Gasteiger partial charge >= 0.3 is 0 Å². The Balaban J connectivity index is 1.71. The number of rotatable bonds is 5. The summed E-state index contributed by atoms with van der Waals surface area (Å²) in [6, 6.07) is 12.1. The lowest BCUT2D eigenvalue weighted by atomic mass is 10.1. The number of likely N-dealkylation sites (N-methyl/N-ethyl adjacent to an activating group) is 1. The van der Waals surface area contributed by atoms with E-state index in [0.29, 0.717) is 22.2 Å². The number of nitrogens with zero attached hydrogens (tertiary/aromatic N) is 1. The molecule has 1 amide bonds. The third-order valence-electron chi connectivity index (χ3n) is 4.06. The summed E-state index contributed by atoms with van der Waals surface area (Å²) >= 11 is 0.468. The van der Waals surface area contributed by atoms with Crippen LogP contribution in [0.4, 0.5) is 20.2 Å². The van der Waals surface area contributed by atoms with Crippen molar-refractivity contribution in [2.75, 3.05) is 23.3 Å². The predicted molar refractivity (Wildman–Crippen MR) is 94.3 cm³/mol. The second-order valence-electron chi connectivity index (χ2n) is 5.53. The molecule has 24 heavy (non-hydrogen) atoms. The average Bonchev–Trinajstić information content (AvgIpc) is 2.97. The van der Waals surface area contributed by atoms with Gasteiger partial charge in [-0.3, -0.25) is 4.79 Å². The van der Waals surface area contributed by atoms with Gasteiger partial charge in [0.25, 0.3) is 11.7 Å². The van der Waals surface area contributed by atoms with Crippen molar-refractivity contribution in [3.8, 4) is 0 Å². The average molecular weight is 348 g/mol. The minimum Gasteiger partial charge on any atom is -0.371 e. The van der Waals surface area contributed by atoms with Gasteiger partial charge in [-0.05, 0) is 55.3 Å². The first-order valence-electron chi connectivity index (χ1n) is 7.81. The van der Waals surface area contributed by atoms with E-state index in [2.05, 4.69) is 17.1 Å². The Hall–Kier alpha value is -2.08. The van der Waals surface area contributed by atoms with E-state index >= 15 is 0 Å². The number of thioether (sulfide) groups is 1. The Morgan fingerprint density at radius 1 is 1.25 bits per heavy atom. The molecule has 1 aliphatic rings. The highest BCUT2D eigenvalue weighted by molar-refractivity contribution is 7.99. The monoisotopic (exact) mass is 348 g/mol. The number of carbonyl (C=O) groups is 1. The number of anilines is 2. The number of amides is 1. The highest BCUT2D eigenvalue weighted by Crippen LogP contribution is 2.31. The summed E-state index contributed by atoms with van der Waals surface area (Å²) in [5, 5.41) is 2.87. The molecule has 3 rings (SSSR count). The quantitative estimate of drug-likeness (QED) is 0.799. The van der Waals surface area contributed by atoms with Crippen molar-refractivity contribution in [1.82, 2.24) is 0 Å². The molecule has 2 aromatic rings. The van der Waals surface area contributed by atoms with E-state index in [1.165, 1.54) is 23.4 Å². The number of benzene rings is 2. The summed E-state index contributed by atoms with van der Waals surface area (Å²) in [5.74, 6) is -2.71. The Morgan fingerprint density at radius 3 is 2.67 bits per heavy atom. The summed E-state index contributed by atoms with van der Waals surface area (Å²) in [6.45, 7) is 4.06. The second-order valence-corrected chi connectivity index (χ2v) is 6.59. The molecule has 0 saturated heterocycles. The van der Waals surface area contributed by atoms with Gasteiger partial charge < -0.3 is 10.2 Å². The molecule has 0 bridgehead atoms. The number of fused-ring (bicyclic) bond motifs is 1. The first kappa shape index (κ1) is 16.8. The molecular weight excluding hydrogens is 330 g/mol. The van der Waals surface area contributed by atoms with Crippen molar-refractivity contribution in [3.63, 3.8) is 0 Å². The Kier molecular flexibility index (Phi) is 5.04. The third kappa shape index (κ3) is 3.70. The minimum atomic E-state index is -2.46. The van der Waals surface area contributed by atoms with E-state index in [1.54, 1.807) is 12.1 Å². The fourth-order valence-corrected chi connectivity index (χ4v) is 3.34. The van der Waals surface area contributed by atoms with E-state index < -0.39 is 5.76 Å². The van der Waals surface area contributed by atoms with Gasteiger partial charge in [-0.1, -0.05) is 17.8 Å². The molecule has 126 valence electrons. The highest BCUT2D eigenvalue weighted by Gasteiger charge is 2.18. The molecule has 0 unspecified atom stereocenters. The Labute approximate surface area is 144 Å². The first-order valence-corrected chi connectivity index (χ1v) is 8.69. The van der Waals surface area contributed by atoms with Gasteiger partial charge in [0.15, 0.2) is 0 Å². The van der Waals surface area contributed by atoms with Crippen molar-refractivity contribution < 1.29 is 13.6 Å². The molecule has 0 fully saturated rings. The van der Waals surface area contributed by atoms with Gasteiger partial charge in [-0.2, -0.15) is 8.78 Å². The SMILES string of the molecule is CCN1CCc2ccc(NC(=O)c3ccc(SC(F)F)cc3)cc21. The van der Waals surface area contributed by atoms with Crippen LogP contribution in [0.15, 0.2) is 47.4 Å². The van der Waals surface area contributed by atoms with Crippen LogP contribution in [0.2, 0.25) is 0 Å². The van der Waals surface area contributed by atoms with Gasteiger partial charge in [0, 0.05) is 34.9 Å². The number of hydrogen-bond donors (Lipinski definition) is 1. The van der Waals surface area contributed by atoms with Crippen LogP contribution in [-0.2, 0) is 6.42 Å². The molecule has 0 aliphatic carbocycles. The molecule has 1 aliphatic heterocycles. The van der Waals surface area contributed by atoms with Crippen molar-refractivity contribution in [2.24, 2.45) is 0 Å². The molecule has 6 heteroatoms. The fraction of sp³-hybridized carbons (Fsp3) is 0.278. The smallest absolute Gasteiger partial charge is 0.288 e. The molecule has 1 N–H and O–H groups in total.